The maximum Gasteiger partial charge on any atom is 0.182 e. The Morgan fingerprint density at radius 2 is 2.00 bits per heavy atom. The third-order valence-corrected chi connectivity index (χ3v) is 5.01. The van der Waals surface area contributed by atoms with Crippen LogP contribution in [0.5, 0.6) is 0 Å². The zero-order valence-electron chi connectivity index (χ0n) is 13.0. The number of rotatable bonds is 7. The summed E-state index contributed by atoms with van der Waals surface area (Å²) < 4.78 is 6.01. The van der Waals surface area contributed by atoms with Crippen molar-refractivity contribution in [2.75, 3.05) is 24.7 Å². The van der Waals surface area contributed by atoms with Crippen LogP contribution in [-0.4, -0.2) is 24.4 Å². The Labute approximate surface area is 135 Å². The third-order valence-electron chi connectivity index (χ3n) is 3.17. The summed E-state index contributed by atoms with van der Waals surface area (Å²) >= 11 is 3.43. The number of benzene rings is 1. The summed E-state index contributed by atoms with van der Waals surface area (Å²) in [6, 6.07) is 8.60. The minimum Gasteiger partial charge on any atom is -0.368 e. The lowest BCUT2D eigenvalue weighted by Gasteiger charge is -2.23. The molecule has 0 saturated carbocycles. The van der Waals surface area contributed by atoms with Crippen LogP contribution in [0.2, 0.25) is 0 Å². The summed E-state index contributed by atoms with van der Waals surface area (Å²) in [5.41, 5.74) is 1.93. The Kier molecular flexibility index (Phi) is 5.67. The van der Waals surface area contributed by atoms with Crippen molar-refractivity contribution in [3.63, 3.8) is 0 Å². The second-order valence-corrected chi connectivity index (χ2v) is 7.33. The Morgan fingerprint density at radius 1 is 1.29 bits per heavy atom. The largest absolute Gasteiger partial charge is 0.368 e. The minimum absolute atomic E-state index is 0.348. The molecule has 0 aliphatic rings. The number of aromatic nitrogens is 1. The van der Waals surface area contributed by atoms with E-state index < -0.39 is 0 Å². The summed E-state index contributed by atoms with van der Waals surface area (Å²) in [4.78, 5) is 5.81. The number of anilines is 1. The number of thiazole rings is 1. The number of hydrogen-bond donors (Lipinski definition) is 1. The molecule has 0 saturated heterocycles. The fourth-order valence-electron chi connectivity index (χ4n) is 1.83. The molecular formula is C16H22N2OS2. The number of thioether (sulfide) groups is 1. The second-order valence-electron chi connectivity index (χ2n) is 5.31. The van der Waals surface area contributed by atoms with Gasteiger partial charge >= 0.3 is 0 Å². The van der Waals surface area contributed by atoms with E-state index in [2.05, 4.69) is 60.7 Å². The predicted molar refractivity (Wildman–Crippen MR) is 92.5 cm³/mol. The van der Waals surface area contributed by atoms with Crippen LogP contribution in [0.3, 0.4) is 0 Å². The number of nitrogens with one attached hydrogen (secondary N) is 1. The molecule has 3 nitrogen and oxygen atoms in total. The average Bonchev–Trinajstić information content (AvgIpc) is 2.95. The molecule has 1 aromatic carbocycles. The molecule has 0 aliphatic carbocycles. The second kappa shape index (κ2) is 7.29. The Morgan fingerprint density at radius 3 is 2.62 bits per heavy atom. The Bertz CT molecular complexity index is 564. The highest BCUT2D eigenvalue weighted by Crippen LogP contribution is 2.28. The number of ether oxygens (including phenoxy) is 1. The van der Waals surface area contributed by atoms with Crippen molar-refractivity contribution in [1.82, 2.24) is 4.98 Å². The van der Waals surface area contributed by atoms with Gasteiger partial charge in [-0.25, -0.2) is 4.98 Å². The summed E-state index contributed by atoms with van der Waals surface area (Å²) in [6.07, 6.45) is 0. The molecule has 1 aromatic heterocycles. The van der Waals surface area contributed by atoms with Gasteiger partial charge < -0.3 is 10.1 Å². The van der Waals surface area contributed by atoms with Gasteiger partial charge in [0.25, 0.3) is 0 Å². The normalized spacial score (nSPS) is 11.6. The highest BCUT2D eigenvalue weighted by Gasteiger charge is 2.24. The molecule has 0 atom stereocenters. The van der Waals surface area contributed by atoms with Crippen LogP contribution >= 0.6 is 23.1 Å². The van der Waals surface area contributed by atoms with E-state index in [1.54, 1.807) is 11.3 Å². The van der Waals surface area contributed by atoms with Crippen LogP contribution in [-0.2, 0) is 10.3 Å². The first-order chi connectivity index (χ1) is 10.0. The third kappa shape index (κ3) is 4.73. The molecule has 2 aromatic rings. The maximum absolute atomic E-state index is 6.01. The van der Waals surface area contributed by atoms with Gasteiger partial charge in [-0.1, -0.05) is 17.7 Å². The van der Waals surface area contributed by atoms with Crippen molar-refractivity contribution in [3.05, 3.63) is 40.9 Å². The van der Waals surface area contributed by atoms with Crippen molar-refractivity contribution < 1.29 is 4.74 Å². The number of aryl methyl sites for hydroxylation is 1. The van der Waals surface area contributed by atoms with Crippen LogP contribution in [0.1, 0.15) is 25.1 Å². The lowest BCUT2D eigenvalue weighted by Crippen LogP contribution is -2.23. The van der Waals surface area contributed by atoms with Crippen LogP contribution in [0.4, 0.5) is 5.13 Å². The van der Waals surface area contributed by atoms with Gasteiger partial charge in [-0.05, 0) is 32.9 Å². The van der Waals surface area contributed by atoms with Gasteiger partial charge in [0.1, 0.15) is 5.60 Å². The zero-order chi connectivity index (χ0) is 15.3. The summed E-state index contributed by atoms with van der Waals surface area (Å²) in [5.74, 6) is 0.940. The van der Waals surface area contributed by atoms with E-state index in [-0.39, 0.29) is 5.60 Å². The topological polar surface area (TPSA) is 34.2 Å². The smallest absolute Gasteiger partial charge is 0.182 e. The van der Waals surface area contributed by atoms with Crippen LogP contribution in [0.25, 0.3) is 0 Å². The van der Waals surface area contributed by atoms with Gasteiger partial charge in [-0.3, -0.25) is 0 Å². The lowest BCUT2D eigenvalue weighted by atomic mass is 10.1. The first kappa shape index (κ1) is 16.3. The first-order valence-electron chi connectivity index (χ1n) is 6.98. The van der Waals surface area contributed by atoms with Crippen molar-refractivity contribution in [1.29, 1.82) is 0 Å². The molecule has 5 heteroatoms. The lowest BCUT2D eigenvalue weighted by molar-refractivity contribution is -0.0152. The van der Waals surface area contributed by atoms with Gasteiger partial charge in [0.05, 0.1) is 12.3 Å². The SMILES string of the molecule is CNc1nc(C(C)(C)OCCSc2ccc(C)cc2)cs1. The quantitative estimate of drug-likeness (QED) is 0.599. The fourth-order valence-corrected chi connectivity index (χ4v) is 3.39. The standard InChI is InChI=1S/C16H22N2OS2/c1-12-5-7-13(8-6-12)20-10-9-19-16(2,3)14-11-21-15(17-4)18-14/h5-8,11H,9-10H2,1-4H3,(H,17,18). The predicted octanol–water partition coefficient (Wildman–Crippen LogP) is 4.54. The first-order valence-corrected chi connectivity index (χ1v) is 8.85. The highest BCUT2D eigenvalue weighted by atomic mass is 32.2. The molecule has 0 radical (unpaired) electrons. The summed E-state index contributed by atoms with van der Waals surface area (Å²) in [7, 11) is 1.88. The molecule has 21 heavy (non-hydrogen) atoms. The molecule has 0 unspecified atom stereocenters. The average molecular weight is 322 g/mol. The summed E-state index contributed by atoms with van der Waals surface area (Å²) in [5, 5.41) is 6.04. The van der Waals surface area contributed by atoms with Crippen LogP contribution < -0.4 is 5.32 Å². The van der Waals surface area contributed by atoms with Gasteiger partial charge in [-0.15, -0.1) is 23.1 Å². The van der Waals surface area contributed by atoms with Gasteiger partial charge in [0.15, 0.2) is 5.13 Å². The molecule has 0 bridgehead atoms. The van der Waals surface area contributed by atoms with Crippen molar-refractivity contribution in [2.24, 2.45) is 0 Å². The van der Waals surface area contributed by atoms with Gasteiger partial charge in [0.2, 0.25) is 0 Å². The van der Waals surface area contributed by atoms with E-state index in [0.29, 0.717) is 6.61 Å². The molecular weight excluding hydrogens is 300 g/mol. The zero-order valence-corrected chi connectivity index (χ0v) is 14.6. The molecule has 1 N–H and O–H groups in total. The van der Waals surface area contributed by atoms with E-state index in [0.717, 1.165) is 16.6 Å². The van der Waals surface area contributed by atoms with Crippen molar-refractivity contribution >= 4 is 28.2 Å². The Balaban J connectivity index is 1.80. The highest BCUT2D eigenvalue weighted by molar-refractivity contribution is 7.99. The number of hydrogen-bond acceptors (Lipinski definition) is 5. The molecule has 2 rings (SSSR count). The van der Waals surface area contributed by atoms with E-state index in [4.69, 9.17) is 4.74 Å². The van der Waals surface area contributed by atoms with E-state index in [1.807, 2.05) is 18.8 Å². The Hall–Kier alpha value is -1.04. The van der Waals surface area contributed by atoms with E-state index >= 15 is 0 Å². The van der Waals surface area contributed by atoms with Crippen molar-refractivity contribution in [3.8, 4) is 0 Å². The minimum atomic E-state index is -0.348. The molecule has 0 spiro atoms. The van der Waals surface area contributed by atoms with Crippen LogP contribution in [0.15, 0.2) is 34.5 Å². The van der Waals surface area contributed by atoms with Crippen molar-refractivity contribution in [2.45, 2.75) is 31.3 Å². The van der Waals surface area contributed by atoms with E-state index in [9.17, 15) is 0 Å². The number of nitrogens with zero attached hydrogens (tertiary/aromatic N) is 1. The monoisotopic (exact) mass is 322 g/mol. The van der Waals surface area contributed by atoms with Crippen LogP contribution in [0, 0.1) is 6.92 Å². The van der Waals surface area contributed by atoms with E-state index in [1.165, 1.54) is 10.5 Å². The van der Waals surface area contributed by atoms with Gasteiger partial charge in [-0.2, -0.15) is 0 Å². The molecule has 0 amide bonds. The molecule has 114 valence electrons. The fraction of sp³-hybridized carbons (Fsp3) is 0.438. The molecule has 0 aliphatic heterocycles. The van der Waals surface area contributed by atoms with Gasteiger partial charge in [0, 0.05) is 23.1 Å². The maximum atomic E-state index is 6.01. The molecule has 0 fully saturated rings. The molecule has 1 heterocycles. The summed E-state index contributed by atoms with van der Waals surface area (Å²) in [6.45, 7) is 6.95.